The van der Waals surface area contributed by atoms with Gasteiger partial charge in [0.15, 0.2) is 0 Å². The zero-order valence-electron chi connectivity index (χ0n) is 10.2. The monoisotopic (exact) mass is 276 g/mol. The van der Waals surface area contributed by atoms with Gasteiger partial charge in [-0.1, -0.05) is 18.2 Å². The van der Waals surface area contributed by atoms with Crippen LogP contribution in [0, 0.1) is 5.95 Å². The van der Waals surface area contributed by atoms with Gasteiger partial charge in [-0.3, -0.25) is 4.79 Å². The van der Waals surface area contributed by atoms with Gasteiger partial charge in [-0.2, -0.15) is 4.39 Å². The molecule has 0 bridgehead atoms. The fraction of sp³-hybridized carbons (Fsp3) is 0.143. The van der Waals surface area contributed by atoms with Crippen LogP contribution in [-0.2, 0) is 0 Å². The third-order valence-corrected chi connectivity index (χ3v) is 3.42. The van der Waals surface area contributed by atoms with Crippen LogP contribution >= 0.6 is 11.8 Å². The first-order chi connectivity index (χ1) is 9.27. The van der Waals surface area contributed by atoms with Crippen LogP contribution in [0.2, 0.25) is 0 Å². The summed E-state index contributed by atoms with van der Waals surface area (Å²) in [7, 11) is 0. The second kappa shape index (κ2) is 6.89. The van der Waals surface area contributed by atoms with Crippen molar-refractivity contribution in [1.82, 2.24) is 10.3 Å². The number of hydrogen-bond acceptors (Lipinski definition) is 3. The third kappa shape index (κ3) is 4.06. The molecule has 1 aromatic carbocycles. The molecule has 0 saturated heterocycles. The molecule has 1 N–H and O–H groups in total. The zero-order valence-corrected chi connectivity index (χ0v) is 11.0. The van der Waals surface area contributed by atoms with Crippen LogP contribution in [0.15, 0.2) is 53.6 Å². The maximum absolute atomic E-state index is 13.2. The summed E-state index contributed by atoms with van der Waals surface area (Å²) in [6.07, 6.45) is 1.32. The lowest BCUT2D eigenvalue weighted by Crippen LogP contribution is -2.26. The number of pyridine rings is 1. The number of halogens is 1. The van der Waals surface area contributed by atoms with Crippen LogP contribution in [0.5, 0.6) is 0 Å². The maximum Gasteiger partial charge on any atom is 0.255 e. The van der Waals surface area contributed by atoms with Crippen LogP contribution in [0.3, 0.4) is 0 Å². The molecule has 0 aliphatic carbocycles. The molecule has 0 spiro atoms. The summed E-state index contributed by atoms with van der Waals surface area (Å²) in [4.78, 5) is 16.3. The Morgan fingerprint density at radius 3 is 2.74 bits per heavy atom. The number of hydrogen-bond donors (Lipinski definition) is 1. The van der Waals surface area contributed by atoms with Crippen molar-refractivity contribution in [3.8, 4) is 0 Å². The van der Waals surface area contributed by atoms with Gasteiger partial charge in [0.25, 0.3) is 5.91 Å². The number of thioether (sulfide) groups is 1. The topological polar surface area (TPSA) is 42.0 Å². The Hall–Kier alpha value is -1.88. The molecular formula is C14H13FN2OS. The van der Waals surface area contributed by atoms with Gasteiger partial charge < -0.3 is 5.32 Å². The van der Waals surface area contributed by atoms with E-state index in [-0.39, 0.29) is 5.56 Å². The maximum atomic E-state index is 13.2. The van der Waals surface area contributed by atoms with E-state index in [4.69, 9.17) is 0 Å². The van der Waals surface area contributed by atoms with Crippen molar-refractivity contribution in [2.75, 3.05) is 12.3 Å². The van der Waals surface area contributed by atoms with Crippen molar-refractivity contribution in [3.63, 3.8) is 0 Å². The number of carbonyl (C=O) groups is 1. The highest BCUT2D eigenvalue weighted by Crippen LogP contribution is 2.15. The number of aromatic nitrogens is 1. The average Bonchev–Trinajstić information content (AvgIpc) is 2.45. The van der Waals surface area contributed by atoms with Crippen LogP contribution < -0.4 is 5.32 Å². The van der Waals surface area contributed by atoms with E-state index in [1.165, 1.54) is 18.3 Å². The van der Waals surface area contributed by atoms with Gasteiger partial charge in [0.2, 0.25) is 5.95 Å². The highest BCUT2D eigenvalue weighted by Gasteiger charge is 2.10. The first-order valence-corrected chi connectivity index (χ1v) is 6.82. The smallest absolute Gasteiger partial charge is 0.255 e. The Morgan fingerprint density at radius 1 is 1.21 bits per heavy atom. The highest BCUT2D eigenvalue weighted by molar-refractivity contribution is 7.99. The Balaban J connectivity index is 1.77. The predicted molar refractivity (Wildman–Crippen MR) is 73.7 cm³/mol. The van der Waals surface area contributed by atoms with Crippen molar-refractivity contribution in [2.24, 2.45) is 0 Å². The number of carbonyl (C=O) groups excluding carboxylic acids is 1. The summed E-state index contributed by atoms with van der Waals surface area (Å²) < 4.78 is 13.2. The quantitative estimate of drug-likeness (QED) is 0.519. The minimum atomic E-state index is -0.740. The van der Waals surface area contributed by atoms with E-state index in [0.717, 1.165) is 10.6 Å². The van der Waals surface area contributed by atoms with Crippen molar-refractivity contribution in [2.45, 2.75) is 4.90 Å². The minimum absolute atomic E-state index is 0.0211. The molecule has 0 unspecified atom stereocenters. The summed E-state index contributed by atoms with van der Waals surface area (Å²) in [5.74, 6) is -0.438. The molecule has 1 aromatic heterocycles. The third-order valence-electron chi connectivity index (χ3n) is 2.40. The molecule has 0 atom stereocenters. The van der Waals surface area contributed by atoms with Crippen LogP contribution in [0.1, 0.15) is 10.4 Å². The molecule has 98 valence electrons. The molecule has 0 fully saturated rings. The van der Waals surface area contributed by atoms with E-state index < -0.39 is 11.9 Å². The van der Waals surface area contributed by atoms with Gasteiger partial charge in [-0.05, 0) is 24.3 Å². The molecule has 0 aliphatic heterocycles. The Kier molecular flexibility index (Phi) is 4.92. The molecule has 2 aromatic rings. The van der Waals surface area contributed by atoms with Gasteiger partial charge in [-0.15, -0.1) is 11.8 Å². The van der Waals surface area contributed by atoms with Gasteiger partial charge in [0.05, 0.1) is 5.56 Å². The van der Waals surface area contributed by atoms with E-state index in [1.54, 1.807) is 11.8 Å². The highest BCUT2D eigenvalue weighted by atomic mass is 32.2. The molecular weight excluding hydrogens is 263 g/mol. The van der Waals surface area contributed by atoms with E-state index in [0.29, 0.717) is 6.54 Å². The fourth-order valence-electron chi connectivity index (χ4n) is 1.50. The normalized spacial score (nSPS) is 10.2. The zero-order chi connectivity index (χ0) is 13.5. The largest absolute Gasteiger partial charge is 0.351 e. The summed E-state index contributed by atoms with van der Waals surface area (Å²) in [5, 5.41) is 2.67. The fourth-order valence-corrected chi connectivity index (χ4v) is 2.29. The van der Waals surface area contributed by atoms with Gasteiger partial charge in [0.1, 0.15) is 0 Å². The van der Waals surface area contributed by atoms with E-state index in [2.05, 4.69) is 10.3 Å². The van der Waals surface area contributed by atoms with E-state index in [9.17, 15) is 9.18 Å². The Morgan fingerprint density at radius 2 is 2.00 bits per heavy atom. The predicted octanol–water partition coefficient (Wildman–Crippen LogP) is 2.74. The first-order valence-electron chi connectivity index (χ1n) is 5.84. The second-order valence-electron chi connectivity index (χ2n) is 3.76. The van der Waals surface area contributed by atoms with Crippen molar-refractivity contribution in [3.05, 3.63) is 60.2 Å². The van der Waals surface area contributed by atoms with Crippen LogP contribution in [-0.4, -0.2) is 23.2 Å². The number of nitrogens with zero attached hydrogens (tertiary/aromatic N) is 1. The number of rotatable bonds is 5. The lowest BCUT2D eigenvalue weighted by atomic mass is 10.2. The molecule has 1 amide bonds. The molecule has 0 saturated carbocycles. The average molecular weight is 276 g/mol. The Bertz CT molecular complexity index is 548. The summed E-state index contributed by atoms with van der Waals surface area (Å²) in [6, 6.07) is 12.9. The molecule has 0 radical (unpaired) electrons. The van der Waals surface area contributed by atoms with E-state index in [1.807, 2.05) is 30.3 Å². The molecule has 2 rings (SSSR count). The second-order valence-corrected chi connectivity index (χ2v) is 4.93. The molecule has 5 heteroatoms. The van der Waals surface area contributed by atoms with E-state index >= 15 is 0 Å². The summed E-state index contributed by atoms with van der Waals surface area (Å²) >= 11 is 1.64. The minimum Gasteiger partial charge on any atom is -0.351 e. The SMILES string of the molecule is O=C(NCCSc1ccccc1)c1cccnc1F. The molecule has 19 heavy (non-hydrogen) atoms. The Labute approximate surface area is 115 Å². The summed E-state index contributed by atoms with van der Waals surface area (Å²) in [5.41, 5.74) is -0.0211. The summed E-state index contributed by atoms with van der Waals surface area (Å²) in [6.45, 7) is 0.479. The van der Waals surface area contributed by atoms with Gasteiger partial charge >= 0.3 is 0 Å². The molecule has 1 heterocycles. The number of nitrogens with one attached hydrogen (secondary N) is 1. The molecule has 3 nitrogen and oxygen atoms in total. The lowest BCUT2D eigenvalue weighted by Gasteiger charge is -2.05. The van der Waals surface area contributed by atoms with Gasteiger partial charge in [-0.25, -0.2) is 4.98 Å². The van der Waals surface area contributed by atoms with Gasteiger partial charge in [0, 0.05) is 23.4 Å². The number of benzene rings is 1. The van der Waals surface area contributed by atoms with Crippen molar-refractivity contribution < 1.29 is 9.18 Å². The molecule has 0 aliphatic rings. The standard InChI is InChI=1S/C14H13FN2OS/c15-13-12(7-4-8-16-13)14(18)17-9-10-19-11-5-2-1-3-6-11/h1-8H,9-10H2,(H,17,18). The van der Waals surface area contributed by atoms with Crippen LogP contribution in [0.4, 0.5) is 4.39 Å². The van der Waals surface area contributed by atoms with Crippen molar-refractivity contribution >= 4 is 17.7 Å². The first kappa shape index (κ1) is 13.5. The van der Waals surface area contributed by atoms with Crippen molar-refractivity contribution in [1.29, 1.82) is 0 Å². The number of amides is 1. The van der Waals surface area contributed by atoms with Crippen LogP contribution in [0.25, 0.3) is 0 Å². The lowest BCUT2D eigenvalue weighted by molar-refractivity contribution is 0.0951.